The van der Waals surface area contributed by atoms with Crippen molar-refractivity contribution in [3.8, 4) is 0 Å². The van der Waals surface area contributed by atoms with Crippen LogP contribution in [0.3, 0.4) is 0 Å². The van der Waals surface area contributed by atoms with Gasteiger partial charge >= 0.3 is 5.97 Å². The van der Waals surface area contributed by atoms with E-state index in [1.165, 1.54) is 0 Å². The van der Waals surface area contributed by atoms with Crippen molar-refractivity contribution in [1.82, 2.24) is 4.98 Å². The minimum Gasteiger partial charge on any atom is -0.481 e. The number of halogens is 1. The minimum absolute atomic E-state index is 0.0940. The van der Waals surface area contributed by atoms with Gasteiger partial charge < -0.3 is 10.1 Å². The standard InChI is InChI=1S/C26H18ClNO3S/c27-16-10-11-22-18(12-16)20(14-32-22)24(26(31)15-6-2-1-3-7-15)25-19(13-23(29)30)17-8-4-5-9-21(17)28-25/h1-12,14,24,28H,13H2,(H,29,30). The van der Waals surface area contributed by atoms with Gasteiger partial charge in [0.2, 0.25) is 0 Å². The predicted octanol–water partition coefficient (Wildman–Crippen LogP) is 6.68. The summed E-state index contributed by atoms with van der Waals surface area (Å²) < 4.78 is 1.02. The number of para-hydroxylation sites is 1. The lowest BCUT2D eigenvalue weighted by atomic mass is 9.85. The van der Waals surface area contributed by atoms with E-state index in [1.54, 1.807) is 23.5 Å². The van der Waals surface area contributed by atoms with E-state index in [-0.39, 0.29) is 12.2 Å². The van der Waals surface area contributed by atoms with Gasteiger partial charge in [-0.25, -0.2) is 0 Å². The molecule has 0 saturated carbocycles. The first-order chi connectivity index (χ1) is 15.5. The molecule has 5 rings (SSSR count). The molecular weight excluding hydrogens is 442 g/mol. The number of aromatic nitrogens is 1. The maximum atomic E-state index is 13.9. The van der Waals surface area contributed by atoms with Crippen molar-refractivity contribution < 1.29 is 14.7 Å². The molecule has 3 aromatic carbocycles. The van der Waals surface area contributed by atoms with Crippen molar-refractivity contribution in [2.24, 2.45) is 0 Å². The van der Waals surface area contributed by atoms with E-state index in [2.05, 4.69) is 4.98 Å². The molecule has 0 aliphatic rings. The number of ketones is 1. The molecule has 32 heavy (non-hydrogen) atoms. The highest BCUT2D eigenvalue weighted by Crippen LogP contribution is 2.40. The number of benzene rings is 3. The Hall–Kier alpha value is -3.41. The molecule has 2 aromatic heterocycles. The van der Waals surface area contributed by atoms with Crippen LogP contribution < -0.4 is 0 Å². The Morgan fingerprint density at radius 3 is 2.50 bits per heavy atom. The van der Waals surface area contributed by atoms with Crippen molar-refractivity contribution in [2.75, 3.05) is 0 Å². The number of carboxylic acid groups (broad SMARTS) is 1. The van der Waals surface area contributed by atoms with E-state index < -0.39 is 11.9 Å². The van der Waals surface area contributed by atoms with Crippen molar-refractivity contribution in [2.45, 2.75) is 12.3 Å². The molecule has 0 bridgehead atoms. The number of aromatic amines is 1. The number of thiophene rings is 1. The molecule has 0 saturated heterocycles. The van der Waals surface area contributed by atoms with Crippen LogP contribution in [0, 0.1) is 0 Å². The van der Waals surface area contributed by atoms with Gasteiger partial charge in [-0.05, 0) is 46.2 Å². The van der Waals surface area contributed by atoms with Crippen molar-refractivity contribution >= 4 is 55.7 Å². The first kappa shape index (κ1) is 20.5. The fourth-order valence-electron chi connectivity index (χ4n) is 4.25. The Morgan fingerprint density at radius 1 is 0.969 bits per heavy atom. The molecule has 0 aliphatic carbocycles. The van der Waals surface area contributed by atoms with Crippen LogP contribution in [0.4, 0.5) is 0 Å². The minimum atomic E-state index is -0.944. The monoisotopic (exact) mass is 459 g/mol. The second-order valence-corrected chi connectivity index (χ2v) is 8.98. The third-order valence-corrected chi connectivity index (χ3v) is 6.88. The molecule has 1 unspecified atom stereocenters. The van der Waals surface area contributed by atoms with Crippen LogP contribution in [0.15, 0.2) is 78.2 Å². The lowest BCUT2D eigenvalue weighted by molar-refractivity contribution is -0.136. The van der Waals surface area contributed by atoms with Crippen LogP contribution in [0.2, 0.25) is 5.02 Å². The summed E-state index contributed by atoms with van der Waals surface area (Å²) in [7, 11) is 0. The molecule has 5 aromatic rings. The molecule has 4 nitrogen and oxygen atoms in total. The molecule has 0 amide bonds. The Morgan fingerprint density at radius 2 is 1.72 bits per heavy atom. The summed E-state index contributed by atoms with van der Waals surface area (Å²) in [6.07, 6.45) is -0.180. The van der Waals surface area contributed by atoms with Crippen molar-refractivity contribution in [3.63, 3.8) is 0 Å². The number of Topliss-reactive ketones (excluding diaryl/α,β-unsaturated/α-hetero) is 1. The molecule has 6 heteroatoms. The van der Waals surface area contributed by atoms with Crippen LogP contribution in [0.1, 0.15) is 33.1 Å². The number of hydrogen-bond acceptors (Lipinski definition) is 3. The zero-order valence-corrected chi connectivity index (χ0v) is 18.4. The topological polar surface area (TPSA) is 70.2 Å². The van der Waals surface area contributed by atoms with Crippen molar-refractivity contribution in [1.29, 1.82) is 0 Å². The molecule has 0 spiro atoms. The Labute approximate surface area is 193 Å². The molecule has 2 heterocycles. The smallest absolute Gasteiger partial charge is 0.307 e. The molecule has 0 aliphatic heterocycles. The number of carbonyl (C=O) groups excluding carboxylic acids is 1. The van der Waals surface area contributed by atoms with Crippen LogP contribution in [-0.2, 0) is 11.2 Å². The lowest BCUT2D eigenvalue weighted by Gasteiger charge is -2.17. The number of rotatable bonds is 6. The second-order valence-electron chi connectivity index (χ2n) is 7.63. The number of aliphatic carboxylic acids is 1. The third kappa shape index (κ3) is 3.60. The van der Waals surface area contributed by atoms with Gasteiger partial charge in [0.25, 0.3) is 0 Å². The van der Waals surface area contributed by atoms with Gasteiger partial charge in [0.15, 0.2) is 5.78 Å². The van der Waals surface area contributed by atoms with Crippen molar-refractivity contribution in [3.05, 3.63) is 106 Å². The number of carboxylic acids is 1. The SMILES string of the molecule is O=C(O)Cc1c(C(C(=O)c2ccccc2)c2csc3ccc(Cl)cc23)[nH]c2ccccc12. The van der Waals surface area contributed by atoms with Crippen LogP contribution >= 0.6 is 22.9 Å². The van der Waals surface area contributed by atoms with Gasteiger partial charge in [-0.1, -0.05) is 60.1 Å². The van der Waals surface area contributed by atoms with Crippen LogP contribution in [0.25, 0.3) is 21.0 Å². The number of hydrogen-bond donors (Lipinski definition) is 2. The highest BCUT2D eigenvalue weighted by atomic mass is 35.5. The Bertz CT molecular complexity index is 1470. The summed E-state index contributed by atoms with van der Waals surface area (Å²) >= 11 is 7.84. The Balaban J connectivity index is 1.80. The average molecular weight is 460 g/mol. The van der Waals surface area contributed by atoms with E-state index >= 15 is 0 Å². The molecule has 0 radical (unpaired) electrons. The lowest BCUT2D eigenvalue weighted by Crippen LogP contribution is -2.17. The Kier molecular flexibility index (Phi) is 5.29. The summed E-state index contributed by atoms with van der Waals surface area (Å²) in [5, 5.41) is 13.9. The quantitative estimate of drug-likeness (QED) is 0.278. The molecule has 0 fully saturated rings. The van der Waals surface area contributed by atoms with E-state index in [9.17, 15) is 14.7 Å². The highest BCUT2D eigenvalue weighted by molar-refractivity contribution is 7.17. The largest absolute Gasteiger partial charge is 0.481 e. The summed E-state index contributed by atoms with van der Waals surface area (Å²) in [4.78, 5) is 29.0. The first-order valence-electron chi connectivity index (χ1n) is 10.1. The predicted molar refractivity (Wildman–Crippen MR) is 129 cm³/mol. The molecular formula is C26H18ClNO3S. The fourth-order valence-corrected chi connectivity index (χ4v) is 5.39. The van der Waals surface area contributed by atoms with Gasteiger partial charge in [0, 0.05) is 31.9 Å². The number of nitrogens with one attached hydrogen (secondary N) is 1. The van der Waals surface area contributed by atoms with E-state index in [4.69, 9.17) is 11.6 Å². The number of H-pyrrole nitrogens is 1. The second kappa shape index (κ2) is 8.26. The molecule has 2 N–H and O–H groups in total. The van der Waals surface area contributed by atoms with Gasteiger partial charge in [-0.3, -0.25) is 9.59 Å². The zero-order chi connectivity index (χ0) is 22.2. The third-order valence-electron chi connectivity index (χ3n) is 5.66. The van der Waals surface area contributed by atoms with E-state index in [0.29, 0.717) is 21.8 Å². The number of carbonyl (C=O) groups is 2. The normalized spacial score (nSPS) is 12.3. The van der Waals surface area contributed by atoms with Gasteiger partial charge in [0.05, 0.1) is 12.3 Å². The fraction of sp³-hybridized carbons (Fsp3) is 0.0769. The van der Waals surface area contributed by atoms with Crippen LogP contribution in [0.5, 0.6) is 0 Å². The summed E-state index contributed by atoms with van der Waals surface area (Å²) in [6.45, 7) is 0. The summed E-state index contributed by atoms with van der Waals surface area (Å²) in [5.41, 5.74) is 3.44. The maximum absolute atomic E-state index is 13.9. The maximum Gasteiger partial charge on any atom is 0.307 e. The van der Waals surface area contributed by atoms with E-state index in [0.717, 1.165) is 26.6 Å². The van der Waals surface area contributed by atoms with E-state index in [1.807, 2.05) is 66.0 Å². The van der Waals surface area contributed by atoms with Gasteiger partial charge in [0.1, 0.15) is 0 Å². The summed E-state index contributed by atoms with van der Waals surface area (Å²) in [5.74, 6) is -1.73. The highest BCUT2D eigenvalue weighted by Gasteiger charge is 2.31. The number of fused-ring (bicyclic) bond motifs is 2. The van der Waals surface area contributed by atoms with Crippen LogP contribution in [-0.4, -0.2) is 21.8 Å². The average Bonchev–Trinajstić information content (AvgIpc) is 3.36. The molecule has 1 atom stereocenters. The van der Waals surface area contributed by atoms with Gasteiger partial charge in [-0.15, -0.1) is 11.3 Å². The first-order valence-corrected chi connectivity index (χ1v) is 11.4. The van der Waals surface area contributed by atoms with Gasteiger partial charge in [-0.2, -0.15) is 0 Å². The zero-order valence-electron chi connectivity index (χ0n) is 16.8. The molecule has 158 valence electrons. The summed E-state index contributed by atoms with van der Waals surface area (Å²) in [6, 6.07) is 22.3.